The Morgan fingerprint density at radius 3 is 2.38 bits per heavy atom. The van der Waals surface area contributed by atoms with Crippen LogP contribution in [0.25, 0.3) is 0 Å². The van der Waals surface area contributed by atoms with Gasteiger partial charge in [0.1, 0.15) is 5.75 Å². The lowest BCUT2D eigenvalue weighted by molar-refractivity contribution is -0.149. The topological polar surface area (TPSA) is 69.6 Å². The Bertz CT molecular complexity index is 724. The zero-order valence-corrected chi connectivity index (χ0v) is 19.9. The molecule has 0 unspecified atom stereocenters. The summed E-state index contributed by atoms with van der Waals surface area (Å²) in [6.45, 7) is 10.3. The van der Waals surface area contributed by atoms with Gasteiger partial charge in [0.2, 0.25) is 0 Å². The minimum Gasteiger partial charge on any atom is -0.497 e. The predicted octanol–water partition coefficient (Wildman–Crippen LogP) is 2.06. The van der Waals surface area contributed by atoms with Crippen LogP contribution < -0.4 is 15.0 Å². The van der Waals surface area contributed by atoms with Gasteiger partial charge in [-0.1, -0.05) is 0 Å². The molecule has 0 amide bonds. The van der Waals surface area contributed by atoms with Gasteiger partial charge in [-0.3, -0.25) is 14.7 Å². The van der Waals surface area contributed by atoms with Gasteiger partial charge in [0.25, 0.3) is 0 Å². The molecule has 3 rings (SSSR count). The number of likely N-dealkylation sites (tertiary alicyclic amines) is 1. The highest BCUT2D eigenvalue weighted by molar-refractivity contribution is 5.80. The number of hydrogen-bond acceptors (Lipinski definition) is 6. The van der Waals surface area contributed by atoms with Crippen molar-refractivity contribution in [3.05, 3.63) is 24.3 Å². The van der Waals surface area contributed by atoms with Crippen molar-refractivity contribution in [2.45, 2.75) is 26.2 Å². The molecule has 1 aromatic rings. The number of piperazine rings is 1. The van der Waals surface area contributed by atoms with Gasteiger partial charge in [-0.2, -0.15) is 0 Å². The van der Waals surface area contributed by atoms with E-state index in [4.69, 9.17) is 9.47 Å². The van der Waals surface area contributed by atoms with Crippen LogP contribution in [0.15, 0.2) is 29.3 Å². The van der Waals surface area contributed by atoms with Crippen LogP contribution in [0.1, 0.15) is 26.2 Å². The van der Waals surface area contributed by atoms with Gasteiger partial charge < -0.3 is 24.6 Å². The van der Waals surface area contributed by atoms with E-state index in [-0.39, 0.29) is 11.9 Å². The number of guanidine groups is 1. The number of ether oxygens (including phenoxy) is 2. The fraction of sp³-hybridized carbons (Fsp3) is 0.667. The lowest BCUT2D eigenvalue weighted by atomic mass is 9.97. The van der Waals surface area contributed by atoms with Gasteiger partial charge in [0.15, 0.2) is 5.96 Å². The molecule has 8 heteroatoms. The van der Waals surface area contributed by atoms with Crippen molar-refractivity contribution in [1.29, 1.82) is 0 Å². The summed E-state index contributed by atoms with van der Waals surface area (Å²) in [5.74, 6) is 1.82. The van der Waals surface area contributed by atoms with Crippen LogP contribution in [-0.2, 0) is 9.53 Å². The first-order chi connectivity index (χ1) is 15.6. The van der Waals surface area contributed by atoms with Gasteiger partial charge in [-0.25, -0.2) is 0 Å². The molecule has 1 aromatic carbocycles. The van der Waals surface area contributed by atoms with Gasteiger partial charge in [-0.15, -0.1) is 0 Å². The van der Waals surface area contributed by atoms with Crippen LogP contribution in [0.2, 0.25) is 0 Å². The quantitative estimate of drug-likeness (QED) is 0.284. The number of nitrogens with zero attached hydrogens (tertiary/aromatic N) is 4. The van der Waals surface area contributed by atoms with Crippen molar-refractivity contribution >= 4 is 17.6 Å². The number of carbonyl (C=O) groups is 1. The lowest BCUT2D eigenvalue weighted by Gasteiger charge is -2.36. The Kier molecular flexibility index (Phi) is 9.46. The molecular formula is C24H39N5O3. The molecule has 2 aliphatic heterocycles. The number of benzene rings is 1. The molecule has 178 valence electrons. The Morgan fingerprint density at radius 1 is 1.09 bits per heavy atom. The van der Waals surface area contributed by atoms with Crippen molar-refractivity contribution in [2.75, 3.05) is 78.0 Å². The van der Waals surface area contributed by atoms with E-state index < -0.39 is 0 Å². The van der Waals surface area contributed by atoms with Gasteiger partial charge >= 0.3 is 5.97 Å². The molecular weight excluding hydrogens is 406 g/mol. The minimum atomic E-state index is -0.0535. The third-order valence-electron chi connectivity index (χ3n) is 6.37. The van der Waals surface area contributed by atoms with E-state index in [2.05, 4.69) is 37.1 Å². The number of rotatable bonds is 8. The first-order valence-corrected chi connectivity index (χ1v) is 11.9. The van der Waals surface area contributed by atoms with Crippen molar-refractivity contribution in [2.24, 2.45) is 10.9 Å². The highest BCUT2D eigenvalue weighted by Crippen LogP contribution is 2.21. The molecule has 0 bridgehead atoms. The number of nitrogens with one attached hydrogen (secondary N) is 1. The SMILES string of the molecule is CCOC(=O)C1CCN(C(=NC)NCCCN2CCN(c3ccc(OC)cc3)CC2)CC1. The largest absolute Gasteiger partial charge is 0.497 e. The van der Waals surface area contributed by atoms with E-state index in [1.165, 1.54) is 5.69 Å². The minimum absolute atomic E-state index is 0.0286. The summed E-state index contributed by atoms with van der Waals surface area (Å²) in [5.41, 5.74) is 1.27. The highest BCUT2D eigenvalue weighted by Gasteiger charge is 2.27. The summed E-state index contributed by atoms with van der Waals surface area (Å²) in [4.78, 5) is 23.6. The van der Waals surface area contributed by atoms with E-state index in [1.807, 2.05) is 26.1 Å². The number of carbonyl (C=O) groups excluding carboxylic acids is 1. The second-order valence-corrected chi connectivity index (χ2v) is 8.37. The average Bonchev–Trinajstić information content (AvgIpc) is 2.85. The van der Waals surface area contributed by atoms with Gasteiger partial charge in [0.05, 0.1) is 19.6 Å². The normalized spacial score (nSPS) is 18.5. The van der Waals surface area contributed by atoms with E-state index >= 15 is 0 Å². The van der Waals surface area contributed by atoms with Crippen molar-refractivity contribution in [3.63, 3.8) is 0 Å². The zero-order chi connectivity index (χ0) is 22.8. The Hall–Kier alpha value is -2.48. The molecule has 0 aliphatic carbocycles. The van der Waals surface area contributed by atoms with Crippen LogP contribution in [0.3, 0.4) is 0 Å². The summed E-state index contributed by atoms with van der Waals surface area (Å²) in [6.07, 6.45) is 2.75. The second kappa shape index (κ2) is 12.5. The Morgan fingerprint density at radius 2 is 1.78 bits per heavy atom. The molecule has 2 heterocycles. The standard InChI is InChI=1S/C24H39N5O3/c1-4-32-23(30)20-10-14-29(15-11-20)24(25-2)26-12-5-13-27-16-18-28(19-17-27)21-6-8-22(31-3)9-7-21/h6-9,20H,4-5,10-19H2,1-3H3,(H,25,26). The smallest absolute Gasteiger partial charge is 0.309 e. The van der Waals surface area contributed by atoms with Crippen LogP contribution in [-0.4, -0.2) is 94.9 Å². The number of methoxy groups -OCH3 is 1. The lowest BCUT2D eigenvalue weighted by Crippen LogP contribution is -2.48. The third-order valence-corrected chi connectivity index (χ3v) is 6.37. The van der Waals surface area contributed by atoms with Crippen molar-refractivity contribution in [3.8, 4) is 5.75 Å². The number of piperidine rings is 1. The van der Waals surface area contributed by atoms with Gasteiger partial charge in [-0.05, 0) is 57.0 Å². The molecule has 2 saturated heterocycles. The third kappa shape index (κ3) is 6.76. The fourth-order valence-corrected chi connectivity index (χ4v) is 4.44. The highest BCUT2D eigenvalue weighted by atomic mass is 16.5. The van der Waals surface area contributed by atoms with Crippen LogP contribution >= 0.6 is 0 Å². The summed E-state index contributed by atoms with van der Waals surface area (Å²) in [5, 5.41) is 3.50. The molecule has 2 aliphatic rings. The monoisotopic (exact) mass is 445 g/mol. The fourth-order valence-electron chi connectivity index (χ4n) is 4.44. The number of hydrogen-bond donors (Lipinski definition) is 1. The maximum absolute atomic E-state index is 11.9. The van der Waals surface area contributed by atoms with E-state index in [1.54, 1.807) is 7.11 Å². The summed E-state index contributed by atoms with van der Waals surface area (Å²) >= 11 is 0. The molecule has 0 aromatic heterocycles. The predicted molar refractivity (Wildman–Crippen MR) is 129 cm³/mol. The number of aliphatic imine (C=N–C) groups is 1. The molecule has 32 heavy (non-hydrogen) atoms. The maximum atomic E-state index is 11.9. The van der Waals surface area contributed by atoms with Crippen LogP contribution in [0.4, 0.5) is 5.69 Å². The molecule has 0 atom stereocenters. The van der Waals surface area contributed by atoms with E-state index in [0.29, 0.717) is 6.61 Å². The summed E-state index contributed by atoms with van der Waals surface area (Å²) < 4.78 is 10.4. The number of esters is 1. The molecule has 0 saturated carbocycles. The molecule has 1 N–H and O–H groups in total. The molecule has 2 fully saturated rings. The van der Waals surface area contributed by atoms with E-state index in [0.717, 1.165) is 83.3 Å². The summed E-state index contributed by atoms with van der Waals surface area (Å²) in [6, 6.07) is 8.33. The first-order valence-electron chi connectivity index (χ1n) is 11.9. The number of anilines is 1. The van der Waals surface area contributed by atoms with Crippen molar-refractivity contribution < 1.29 is 14.3 Å². The zero-order valence-electron chi connectivity index (χ0n) is 19.9. The summed E-state index contributed by atoms with van der Waals surface area (Å²) in [7, 11) is 3.53. The maximum Gasteiger partial charge on any atom is 0.309 e. The van der Waals surface area contributed by atoms with E-state index in [9.17, 15) is 4.79 Å². The molecule has 8 nitrogen and oxygen atoms in total. The second-order valence-electron chi connectivity index (χ2n) is 8.37. The van der Waals surface area contributed by atoms with Crippen LogP contribution in [0.5, 0.6) is 5.75 Å². The van der Waals surface area contributed by atoms with Crippen molar-refractivity contribution in [1.82, 2.24) is 15.1 Å². The average molecular weight is 446 g/mol. The Balaban J connectivity index is 1.31. The Labute approximate surface area is 192 Å². The molecule has 0 spiro atoms. The molecule has 0 radical (unpaired) electrons. The first kappa shape index (κ1) is 24.2. The van der Waals surface area contributed by atoms with Crippen LogP contribution in [0, 0.1) is 5.92 Å². The van der Waals surface area contributed by atoms with Gasteiger partial charge in [0, 0.05) is 58.5 Å².